The number of unbranched alkanes of at least 4 members (excludes halogenated alkanes) is 4. The van der Waals surface area contributed by atoms with Gasteiger partial charge in [0, 0.05) is 31.6 Å². The van der Waals surface area contributed by atoms with Gasteiger partial charge in [-0.15, -0.1) is 0 Å². The molecule has 5 nitrogen and oxygen atoms in total. The number of hydrogen-bond donors (Lipinski definition) is 1. The number of nitrogens with one attached hydrogen (secondary N) is 1. The summed E-state index contributed by atoms with van der Waals surface area (Å²) in [5.74, 6) is 1.57. The molecule has 0 radical (unpaired) electrons. The van der Waals surface area contributed by atoms with Crippen LogP contribution in [0.15, 0.2) is 17.1 Å². The quantitative estimate of drug-likeness (QED) is 0.596. The van der Waals surface area contributed by atoms with E-state index in [9.17, 15) is 4.79 Å². The molecule has 0 saturated carbocycles. The van der Waals surface area contributed by atoms with Crippen molar-refractivity contribution in [2.75, 3.05) is 13.1 Å². The third-order valence-electron chi connectivity index (χ3n) is 5.19. The summed E-state index contributed by atoms with van der Waals surface area (Å²) in [7, 11) is 0. The maximum Gasteiger partial charge on any atom is 0.412 e. The number of rotatable bonds is 7. The van der Waals surface area contributed by atoms with Crippen molar-refractivity contribution >= 4 is 29.2 Å². The minimum absolute atomic E-state index is 0.410. The largest absolute Gasteiger partial charge is 0.412 e. The molecular formula is C21H30ClN3O2. The van der Waals surface area contributed by atoms with Crippen LogP contribution in [0, 0.1) is 0 Å². The highest BCUT2D eigenvalue weighted by Crippen LogP contribution is 2.37. The van der Waals surface area contributed by atoms with Crippen LogP contribution in [0.2, 0.25) is 5.02 Å². The molecule has 0 atom stereocenters. The predicted molar refractivity (Wildman–Crippen MR) is 110 cm³/mol. The Labute approximate surface area is 167 Å². The highest BCUT2D eigenvalue weighted by Gasteiger charge is 2.23. The lowest BCUT2D eigenvalue weighted by Gasteiger charge is -2.29. The Balaban J connectivity index is 1.57. The highest BCUT2D eigenvalue weighted by atomic mass is 35.5. The van der Waals surface area contributed by atoms with Crippen molar-refractivity contribution in [1.82, 2.24) is 10.2 Å². The Hall–Kier alpha value is -1.75. The molecule has 1 aromatic carbocycles. The zero-order valence-electron chi connectivity index (χ0n) is 16.2. The second-order valence-electron chi connectivity index (χ2n) is 7.40. The third kappa shape index (κ3) is 5.61. The highest BCUT2D eigenvalue weighted by molar-refractivity contribution is 6.32. The van der Waals surface area contributed by atoms with E-state index in [-0.39, 0.29) is 0 Å². The second-order valence-corrected chi connectivity index (χ2v) is 7.81. The number of aliphatic imine (C=N–C) groups is 1. The lowest BCUT2D eigenvalue weighted by Crippen LogP contribution is -2.32. The summed E-state index contributed by atoms with van der Waals surface area (Å²) in [5, 5.41) is 3.24. The molecular weight excluding hydrogens is 362 g/mol. The van der Waals surface area contributed by atoms with E-state index < -0.39 is 6.09 Å². The summed E-state index contributed by atoms with van der Waals surface area (Å²) >= 11 is 6.34. The molecule has 6 heteroatoms. The van der Waals surface area contributed by atoms with Gasteiger partial charge in [0.05, 0.1) is 10.7 Å². The van der Waals surface area contributed by atoms with E-state index in [1.807, 2.05) is 12.1 Å². The van der Waals surface area contributed by atoms with Gasteiger partial charge in [-0.1, -0.05) is 50.6 Å². The molecule has 2 heterocycles. The van der Waals surface area contributed by atoms with Crippen LogP contribution in [0.4, 0.5) is 10.5 Å². The molecule has 0 spiro atoms. The number of carbonyl (C=O) groups is 1. The van der Waals surface area contributed by atoms with Crippen LogP contribution < -0.4 is 10.1 Å². The van der Waals surface area contributed by atoms with Gasteiger partial charge in [-0.05, 0) is 31.4 Å². The molecule has 0 aromatic heterocycles. The molecule has 148 valence electrons. The van der Waals surface area contributed by atoms with Crippen molar-refractivity contribution in [3.63, 3.8) is 0 Å². The molecule has 1 saturated heterocycles. The maximum atomic E-state index is 12.1. The summed E-state index contributed by atoms with van der Waals surface area (Å²) < 4.78 is 5.45. The van der Waals surface area contributed by atoms with Gasteiger partial charge in [-0.2, -0.15) is 0 Å². The van der Waals surface area contributed by atoms with Crippen LogP contribution in [0.25, 0.3) is 0 Å². The van der Waals surface area contributed by atoms with Gasteiger partial charge in [0.25, 0.3) is 0 Å². The Morgan fingerprint density at radius 2 is 2.07 bits per heavy atom. The van der Waals surface area contributed by atoms with Gasteiger partial charge in [-0.25, -0.2) is 9.79 Å². The second kappa shape index (κ2) is 9.98. The van der Waals surface area contributed by atoms with Crippen molar-refractivity contribution in [2.45, 2.75) is 71.3 Å². The Morgan fingerprint density at radius 3 is 2.93 bits per heavy atom. The molecule has 0 bridgehead atoms. The molecule has 3 rings (SSSR count). The van der Waals surface area contributed by atoms with Crippen molar-refractivity contribution < 1.29 is 9.53 Å². The molecule has 2 aliphatic heterocycles. The summed E-state index contributed by atoms with van der Waals surface area (Å²) in [6, 6.07) is 3.68. The summed E-state index contributed by atoms with van der Waals surface area (Å²) in [4.78, 5) is 19.2. The number of amidine groups is 1. The van der Waals surface area contributed by atoms with Crippen LogP contribution >= 0.6 is 11.6 Å². The molecule has 0 aliphatic carbocycles. The molecule has 2 aliphatic rings. The van der Waals surface area contributed by atoms with E-state index in [1.165, 1.54) is 38.5 Å². The van der Waals surface area contributed by atoms with Gasteiger partial charge >= 0.3 is 6.09 Å². The van der Waals surface area contributed by atoms with E-state index in [4.69, 9.17) is 21.3 Å². The van der Waals surface area contributed by atoms with Gasteiger partial charge in [-0.3, -0.25) is 0 Å². The van der Waals surface area contributed by atoms with Crippen LogP contribution in [0.1, 0.15) is 70.3 Å². The summed E-state index contributed by atoms with van der Waals surface area (Å²) in [5.41, 5.74) is 1.96. The average molecular weight is 392 g/mol. The number of carbonyl (C=O) groups excluding carboxylic acids is 1. The van der Waals surface area contributed by atoms with Crippen molar-refractivity contribution in [1.29, 1.82) is 0 Å². The first kappa shape index (κ1) is 20.0. The number of fused-ring (bicyclic) bond motifs is 2. The van der Waals surface area contributed by atoms with Crippen molar-refractivity contribution in [2.24, 2.45) is 4.99 Å². The number of hydrogen-bond acceptors (Lipinski definition) is 4. The van der Waals surface area contributed by atoms with Crippen LogP contribution in [0.5, 0.6) is 5.75 Å². The minimum Gasteiger partial charge on any atom is -0.409 e. The van der Waals surface area contributed by atoms with E-state index in [2.05, 4.69) is 17.1 Å². The first-order chi connectivity index (χ1) is 13.2. The summed E-state index contributed by atoms with van der Waals surface area (Å²) in [6.07, 6.45) is 10.00. The summed E-state index contributed by atoms with van der Waals surface area (Å²) in [6.45, 7) is 4.67. The number of benzene rings is 1. The average Bonchev–Trinajstić information content (AvgIpc) is 2.88. The lowest BCUT2D eigenvalue weighted by atomic mass is 10.1. The smallest absolute Gasteiger partial charge is 0.409 e. The Kier molecular flexibility index (Phi) is 7.39. The first-order valence-corrected chi connectivity index (χ1v) is 10.7. The fourth-order valence-electron chi connectivity index (χ4n) is 3.64. The van der Waals surface area contributed by atoms with E-state index in [0.717, 1.165) is 49.4 Å². The monoisotopic (exact) mass is 391 g/mol. The minimum atomic E-state index is -0.442. The fraction of sp³-hybridized carbons (Fsp3) is 0.619. The molecule has 1 N–H and O–H groups in total. The Morgan fingerprint density at radius 1 is 1.22 bits per heavy atom. The van der Waals surface area contributed by atoms with Crippen LogP contribution in [-0.4, -0.2) is 29.9 Å². The number of nitrogens with zero attached hydrogens (tertiary/aromatic N) is 2. The van der Waals surface area contributed by atoms with E-state index >= 15 is 0 Å². The molecule has 0 unspecified atom stereocenters. The van der Waals surface area contributed by atoms with Crippen molar-refractivity contribution in [3.05, 3.63) is 22.7 Å². The van der Waals surface area contributed by atoms with E-state index in [0.29, 0.717) is 17.3 Å². The molecule has 1 amide bonds. The zero-order chi connectivity index (χ0) is 19.1. The van der Waals surface area contributed by atoms with Gasteiger partial charge in [0.2, 0.25) is 0 Å². The zero-order valence-corrected chi connectivity index (χ0v) is 17.0. The molecule has 1 fully saturated rings. The fourth-order valence-corrected chi connectivity index (χ4v) is 3.84. The first-order valence-electron chi connectivity index (χ1n) is 10.3. The third-order valence-corrected chi connectivity index (χ3v) is 5.49. The topological polar surface area (TPSA) is 53.9 Å². The SMILES string of the molecule is CCCCCCCNC(=O)Oc1cc2c(cc1Cl)N=C1CCCCCN1C2. The predicted octanol–water partition coefficient (Wildman–Crippen LogP) is 5.82. The van der Waals surface area contributed by atoms with E-state index in [1.54, 1.807) is 0 Å². The number of halogens is 1. The lowest BCUT2D eigenvalue weighted by molar-refractivity contribution is 0.200. The van der Waals surface area contributed by atoms with Gasteiger partial charge in [0.15, 0.2) is 5.75 Å². The normalized spacial score (nSPS) is 16.1. The van der Waals surface area contributed by atoms with Gasteiger partial charge in [0.1, 0.15) is 5.84 Å². The molecule has 27 heavy (non-hydrogen) atoms. The molecule has 1 aromatic rings. The van der Waals surface area contributed by atoms with Crippen LogP contribution in [0.3, 0.4) is 0 Å². The Bertz CT molecular complexity index is 690. The standard InChI is InChI=1S/C21H30ClN3O2/c1-2-3-4-5-8-11-23-21(26)27-19-13-16-15-25-12-9-6-7-10-20(25)24-18(16)14-17(19)22/h13-14H,2-12,15H2,1H3,(H,23,26). The number of amides is 1. The maximum absolute atomic E-state index is 12.1. The number of ether oxygens (including phenoxy) is 1. The van der Waals surface area contributed by atoms with Crippen molar-refractivity contribution in [3.8, 4) is 5.75 Å². The van der Waals surface area contributed by atoms with Crippen LogP contribution in [-0.2, 0) is 6.54 Å². The van der Waals surface area contributed by atoms with Gasteiger partial charge < -0.3 is 15.0 Å².